The summed E-state index contributed by atoms with van der Waals surface area (Å²) in [7, 11) is 0. The first-order valence-electron chi connectivity index (χ1n) is 6.69. The van der Waals surface area contributed by atoms with Crippen molar-refractivity contribution in [2.24, 2.45) is 0 Å². The van der Waals surface area contributed by atoms with Crippen LogP contribution in [0.3, 0.4) is 0 Å². The molecule has 112 valence electrons. The van der Waals surface area contributed by atoms with Crippen molar-refractivity contribution >= 4 is 11.9 Å². The van der Waals surface area contributed by atoms with Crippen molar-refractivity contribution in [3.05, 3.63) is 29.8 Å². The molecule has 1 aromatic rings. The van der Waals surface area contributed by atoms with Crippen molar-refractivity contribution in [2.45, 2.75) is 27.7 Å². The number of ether oxygens (including phenoxy) is 1. The van der Waals surface area contributed by atoms with E-state index in [9.17, 15) is 9.59 Å². The number of carbonyl (C=O) groups is 2. The standard InChI is InChI=1S/C9H8O4.C6H15N/c1-6(10)13-8-5-3-2-4-7(8)9(11)12;1-4-7(5-2)6-3/h2-5H,1H3,(H,11,12);4-6H2,1-3H3. The molecule has 1 rings (SSSR count). The second kappa shape index (κ2) is 9.97. The summed E-state index contributed by atoms with van der Waals surface area (Å²) in [6, 6.07) is 5.98. The average Bonchev–Trinajstić information content (AvgIpc) is 2.41. The first kappa shape index (κ1) is 18.1. The maximum Gasteiger partial charge on any atom is 0.339 e. The average molecular weight is 281 g/mol. The summed E-state index contributed by atoms with van der Waals surface area (Å²) < 4.78 is 4.69. The second-order valence-electron chi connectivity index (χ2n) is 4.01. The molecule has 1 N–H and O–H groups in total. The zero-order valence-electron chi connectivity index (χ0n) is 12.5. The van der Waals surface area contributed by atoms with Crippen molar-refractivity contribution in [3.8, 4) is 5.75 Å². The van der Waals surface area contributed by atoms with Gasteiger partial charge in [0.2, 0.25) is 0 Å². The third-order valence-electron chi connectivity index (χ3n) is 2.71. The van der Waals surface area contributed by atoms with Crippen LogP contribution in [0.15, 0.2) is 24.3 Å². The highest BCUT2D eigenvalue weighted by atomic mass is 16.5. The quantitative estimate of drug-likeness (QED) is 0.664. The first-order valence-corrected chi connectivity index (χ1v) is 6.69. The highest BCUT2D eigenvalue weighted by molar-refractivity contribution is 5.91. The second-order valence-corrected chi connectivity index (χ2v) is 4.01. The van der Waals surface area contributed by atoms with Gasteiger partial charge in [0.15, 0.2) is 0 Å². The van der Waals surface area contributed by atoms with Crippen LogP contribution in [0.4, 0.5) is 0 Å². The van der Waals surface area contributed by atoms with Gasteiger partial charge in [0.25, 0.3) is 0 Å². The summed E-state index contributed by atoms with van der Waals surface area (Å²) in [5.74, 6) is -1.58. The van der Waals surface area contributed by atoms with E-state index >= 15 is 0 Å². The maximum absolute atomic E-state index is 10.6. The van der Waals surface area contributed by atoms with Crippen molar-refractivity contribution in [1.29, 1.82) is 0 Å². The predicted molar refractivity (Wildman–Crippen MR) is 78.2 cm³/mol. The fourth-order valence-corrected chi connectivity index (χ4v) is 1.56. The van der Waals surface area contributed by atoms with Gasteiger partial charge in [-0.25, -0.2) is 4.79 Å². The van der Waals surface area contributed by atoms with E-state index in [2.05, 4.69) is 30.4 Å². The number of nitrogens with zero attached hydrogens (tertiary/aromatic N) is 1. The van der Waals surface area contributed by atoms with Gasteiger partial charge in [-0.15, -0.1) is 0 Å². The van der Waals surface area contributed by atoms with Crippen LogP contribution >= 0.6 is 0 Å². The molecule has 0 radical (unpaired) electrons. The van der Waals surface area contributed by atoms with E-state index in [1.807, 2.05) is 0 Å². The molecule has 0 aliphatic rings. The van der Waals surface area contributed by atoms with Gasteiger partial charge in [0, 0.05) is 6.92 Å². The third kappa shape index (κ3) is 6.89. The van der Waals surface area contributed by atoms with Crippen LogP contribution in [0, 0.1) is 0 Å². The van der Waals surface area contributed by atoms with Crippen LogP contribution in [0.2, 0.25) is 0 Å². The number of aromatic carboxylic acids is 1. The van der Waals surface area contributed by atoms with E-state index in [4.69, 9.17) is 5.11 Å². The number of hydrogen-bond acceptors (Lipinski definition) is 4. The molecule has 5 heteroatoms. The Hall–Kier alpha value is -1.88. The van der Waals surface area contributed by atoms with Gasteiger partial charge in [0.05, 0.1) is 0 Å². The van der Waals surface area contributed by atoms with Crippen LogP contribution in [0.25, 0.3) is 0 Å². The Bertz CT molecular complexity index is 422. The van der Waals surface area contributed by atoms with Crippen LogP contribution in [-0.4, -0.2) is 41.6 Å². The Morgan fingerprint density at radius 2 is 1.60 bits per heavy atom. The SMILES string of the molecule is CC(=O)Oc1ccccc1C(=O)O.CCN(CC)CC. The first-order chi connectivity index (χ1) is 9.46. The van der Waals surface area contributed by atoms with E-state index in [1.165, 1.54) is 38.7 Å². The summed E-state index contributed by atoms with van der Waals surface area (Å²) in [6.45, 7) is 11.3. The minimum Gasteiger partial charge on any atom is -0.478 e. The molecular weight excluding hydrogens is 258 g/mol. The Labute approximate surface area is 120 Å². The number of para-hydroxylation sites is 1. The number of rotatable bonds is 5. The van der Waals surface area contributed by atoms with E-state index < -0.39 is 11.9 Å². The van der Waals surface area contributed by atoms with E-state index in [0.717, 1.165) is 0 Å². The molecule has 1 aromatic carbocycles. The zero-order valence-corrected chi connectivity index (χ0v) is 12.5. The maximum atomic E-state index is 10.6. The van der Waals surface area contributed by atoms with Gasteiger partial charge in [-0.05, 0) is 31.8 Å². The molecule has 0 aliphatic heterocycles. The lowest BCUT2D eigenvalue weighted by atomic mass is 10.2. The minimum atomic E-state index is -1.11. The summed E-state index contributed by atoms with van der Waals surface area (Å²) in [5, 5.41) is 8.69. The Balaban J connectivity index is 0.000000441. The molecule has 0 atom stereocenters. The summed E-state index contributed by atoms with van der Waals surface area (Å²) in [6.07, 6.45) is 0. The van der Waals surface area contributed by atoms with Crippen molar-refractivity contribution in [1.82, 2.24) is 4.90 Å². The molecule has 0 unspecified atom stereocenters. The number of carboxylic acid groups (broad SMARTS) is 1. The molecule has 0 spiro atoms. The molecular formula is C15H23NO4. The largest absolute Gasteiger partial charge is 0.478 e. The van der Waals surface area contributed by atoms with Crippen molar-refractivity contribution in [3.63, 3.8) is 0 Å². The third-order valence-corrected chi connectivity index (χ3v) is 2.71. The molecule has 0 amide bonds. The molecule has 0 fully saturated rings. The van der Waals surface area contributed by atoms with Gasteiger partial charge in [-0.1, -0.05) is 32.9 Å². The Morgan fingerprint density at radius 1 is 1.10 bits per heavy atom. The zero-order chi connectivity index (χ0) is 15.5. The van der Waals surface area contributed by atoms with E-state index in [0.29, 0.717) is 0 Å². The molecule has 0 bridgehead atoms. The lowest BCUT2D eigenvalue weighted by Gasteiger charge is -2.13. The molecule has 20 heavy (non-hydrogen) atoms. The van der Waals surface area contributed by atoms with Crippen molar-refractivity contribution < 1.29 is 19.4 Å². The highest BCUT2D eigenvalue weighted by Gasteiger charge is 2.10. The fourth-order valence-electron chi connectivity index (χ4n) is 1.56. The van der Waals surface area contributed by atoms with E-state index in [-0.39, 0.29) is 11.3 Å². The van der Waals surface area contributed by atoms with Gasteiger partial charge in [0.1, 0.15) is 11.3 Å². The number of carbonyl (C=O) groups excluding carboxylic acids is 1. The molecule has 0 saturated carbocycles. The van der Waals surface area contributed by atoms with Crippen LogP contribution in [0.5, 0.6) is 5.75 Å². The summed E-state index contributed by atoms with van der Waals surface area (Å²) in [5.41, 5.74) is -0.0160. The molecule has 0 saturated heterocycles. The predicted octanol–water partition coefficient (Wildman–Crippen LogP) is 2.66. The van der Waals surface area contributed by atoms with Crippen LogP contribution in [0.1, 0.15) is 38.1 Å². The number of hydrogen-bond donors (Lipinski definition) is 1. The lowest BCUT2D eigenvalue weighted by molar-refractivity contribution is -0.131. The van der Waals surface area contributed by atoms with Crippen molar-refractivity contribution in [2.75, 3.05) is 19.6 Å². The van der Waals surface area contributed by atoms with Gasteiger partial charge in [-0.3, -0.25) is 4.79 Å². The highest BCUT2D eigenvalue weighted by Crippen LogP contribution is 2.17. The molecule has 0 aliphatic carbocycles. The van der Waals surface area contributed by atoms with Gasteiger partial charge in [-0.2, -0.15) is 0 Å². The monoisotopic (exact) mass is 281 g/mol. The fraction of sp³-hybridized carbons (Fsp3) is 0.467. The molecule has 0 aromatic heterocycles. The van der Waals surface area contributed by atoms with Gasteiger partial charge >= 0.3 is 11.9 Å². The van der Waals surface area contributed by atoms with Gasteiger partial charge < -0.3 is 14.7 Å². The minimum absolute atomic E-state index is 0.0160. The lowest BCUT2D eigenvalue weighted by Crippen LogP contribution is -2.21. The Kier molecular flexibility index (Phi) is 9.04. The van der Waals surface area contributed by atoms with Crippen LogP contribution in [-0.2, 0) is 4.79 Å². The number of carboxylic acids is 1. The molecule has 5 nitrogen and oxygen atoms in total. The molecule has 0 heterocycles. The Morgan fingerprint density at radius 3 is 1.95 bits per heavy atom. The van der Waals surface area contributed by atoms with E-state index in [1.54, 1.807) is 12.1 Å². The normalized spacial score (nSPS) is 9.65. The topological polar surface area (TPSA) is 66.8 Å². The number of esters is 1. The van der Waals surface area contributed by atoms with Crippen LogP contribution < -0.4 is 4.74 Å². The summed E-state index contributed by atoms with van der Waals surface area (Å²) in [4.78, 5) is 23.6. The summed E-state index contributed by atoms with van der Waals surface area (Å²) >= 11 is 0. The number of benzene rings is 1. The smallest absolute Gasteiger partial charge is 0.339 e.